The summed E-state index contributed by atoms with van der Waals surface area (Å²) in [7, 11) is 0. The molecular weight excluding hydrogens is 244 g/mol. The minimum atomic E-state index is 0.544. The van der Waals surface area contributed by atoms with Crippen LogP contribution in [-0.4, -0.2) is 28.0 Å². The van der Waals surface area contributed by atoms with Gasteiger partial charge < -0.3 is 10.6 Å². The van der Waals surface area contributed by atoms with Crippen molar-refractivity contribution in [3.63, 3.8) is 0 Å². The molecule has 0 saturated carbocycles. The minimum absolute atomic E-state index is 0.544. The van der Waals surface area contributed by atoms with Gasteiger partial charge in [-0.05, 0) is 19.8 Å². The lowest BCUT2D eigenvalue weighted by atomic mass is 10.2. The zero-order valence-electron chi connectivity index (χ0n) is 11.6. The Morgan fingerprint density at radius 3 is 2.67 bits per heavy atom. The zero-order chi connectivity index (χ0) is 13.7. The van der Waals surface area contributed by atoms with Crippen molar-refractivity contribution in [1.29, 1.82) is 0 Å². The van der Waals surface area contributed by atoms with E-state index >= 15 is 0 Å². The Kier molecular flexibility index (Phi) is 5.47. The molecule has 0 aliphatic heterocycles. The van der Waals surface area contributed by atoms with Crippen molar-refractivity contribution < 1.29 is 0 Å². The number of thiocarbonyl (C=S) groups is 1. The first-order chi connectivity index (χ1) is 8.40. The Labute approximate surface area is 115 Å². The highest BCUT2D eigenvalue weighted by Gasteiger charge is 2.13. The highest BCUT2D eigenvalue weighted by atomic mass is 32.1. The molecule has 0 unspecified atom stereocenters. The van der Waals surface area contributed by atoms with E-state index in [2.05, 4.69) is 28.7 Å². The number of anilines is 1. The average Bonchev–Trinajstić information content (AvgIpc) is 2.27. The molecule has 1 heterocycles. The van der Waals surface area contributed by atoms with Gasteiger partial charge in [0.05, 0.1) is 16.4 Å². The highest BCUT2D eigenvalue weighted by molar-refractivity contribution is 7.80. The monoisotopic (exact) mass is 266 g/mol. The standard InChI is InChI=1S/C13H22N4S/c1-9(2)8-17(6-5-12(14)18)13-11(4)15-7-10(3)16-13/h7,9H,5-6,8H2,1-4H3,(H2,14,18). The summed E-state index contributed by atoms with van der Waals surface area (Å²) in [5.41, 5.74) is 7.46. The number of aryl methyl sites for hydroxylation is 2. The SMILES string of the molecule is Cc1cnc(C)c(N(CCC(N)=S)CC(C)C)n1. The van der Waals surface area contributed by atoms with Crippen molar-refractivity contribution in [2.45, 2.75) is 34.1 Å². The molecule has 0 atom stereocenters. The molecular formula is C13H22N4S. The molecule has 0 aromatic carbocycles. The lowest BCUT2D eigenvalue weighted by molar-refractivity contribution is 0.606. The molecule has 0 aliphatic rings. The lowest BCUT2D eigenvalue weighted by Gasteiger charge is -2.26. The molecule has 0 amide bonds. The van der Waals surface area contributed by atoms with E-state index in [1.807, 2.05) is 13.8 Å². The van der Waals surface area contributed by atoms with E-state index in [0.29, 0.717) is 17.3 Å². The molecule has 0 bridgehead atoms. The van der Waals surface area contributed by atoms with Crippen LogP contribution in [0.4, 0.5) is 5.82 Å². The number of nitrogens with two attached hydrogens (primary N) is 1. The van der Waals surface area contributed by atoms with Crippen LogP contribution in [0.15, 0.2) is 6.20 Å². The Morgan fingerprint density at radius 1 is 1.44 bits per heavy atom. The predicted octanol–water partition coefficient (Wildman–Crippen LogP) is 2.23. The molecule has 1 rings (SSSR count). The van der Waals surface area contributed by atoms with Gasteiger partial charge in [-0.2, -0.15) is 0 Å². The second kappa shape index (κ2) is 6.64. The topological polar surface area (TPSA) is 55.0 Å². The zero-order valence-corrected chi connectivity index (χ0v) is 12.4. The lowest BCUT2D eigenvalue weighted by Crippen LogP contribution is -2.32. The van der Waals surface area contributed by atoms with Gasteiger partial charge in [-0.25, -0.2) is 4.98 Å². The Morgan fingerprint density at radius 2 is 2.11 bits per heavy atom. The first-order valence-electron chi connectivity index (χ1n) is 6.23. The van der Waals surface area contributed by atoms with Gasteiger partial charge in [-0.15, -0.1) is 0 Å². The summed E-state index contributed by atoms with van der Waals surface area (Å²) in [6.07, 6.45) is 2.50. The van der Waals surface area contributed by atoms with Crippen LogP contribution in [0.5, 0.6) is 0 Å². The van der Waals surface area contributed by atoms with Crippen LogP contribution in [0, 0.1) is 19.8 Å². The van der Waals surface area contributed by atoms with Crippen LogP contribution in [-0.2, 0) is 0 Å². The van der Waals surface area contributed by atoms with Crippen molar-refractivity contribution >= 4 is 23.0 Å². The van der Waals surface area contributed by atoms with Crippen molar-refractivity contribution in [3.8, 4) is 0 Å². The maximum absolute atomic E-state index is 5.59. The number of hydrogen-bond donors (Lipinski definition) is 1. The molecule has 0 fully saturated rings. The summed E-state index contributed by atoms with van der Waals surface area (Å²) in [5, 5.41) is 0. The fraction of sp³-hybridized carbons (Fsp3) is 0.615. The number of rotatable bonds is 6. The molecule has 0 spiro atoms. The normalized spacial score (nSPS) is 10.7. The maximum Gasteiger partial charge on any atom is 0.150 e. The quantitative estimate of drug-likeness (QED) is 0.800. The molecule has 2 N–H and O–H groups in total. The first-order valence-corrected chi connectivity index (χ1v) is 6.64. The van der Waals surface area contributed by atoms with Crippen molar-refractivity contribution in [2.24, 2.45) is 11.7 Å². The van der Waals surface area contributed by atoms with E-state index in [0.717, 1.165) is 30.3 Å². The largest absolute Gasteiger partial charge is 0.393 e. The van der Waals surface area contributed by atoms with Gasteiger partial charge in [0.25, 0.3) is 0 Å². The summed E-state index contributed by atoms with van der Waals surface area (Å²) >= 11 is 4.95. The molecule has 0 saturated heterocycles. The van der Waals surface area contributed by atoms with Crippen LogP contribution in [0.1, 0.15) is 31.7 Å². The first kappa shape index (κ1) is 14.8. The average molecular weight is 266 g/mol. The van der Waals surface area contributed by atoms with E-state index in [-0.39, 0.29) is 0 Å². The summed E-state index contributed by atoms with van der Waals surface area (Å²) in [6.45, 7) is 10.0. The Hall–Kier alpha value is -1.23. The van der Waals surface area contributed by atoms with Crippen molar-refractivity contribution in [1.82, 2.24) is 9.97 Å². The van der Waals surface area contributed by atoms with Crippen LogP contribution < -0.4 is 10.6 Å². The Bertz CT molecular complexity index is 417. The Balaban J connectivity index is 2.92. The van der Waals surface area contributed by atoms with Gasteiger partial charge >= 0.3 is 0 Å². The molecule has 5 heteroatoms. The predicted molar refractivity (Wildman–Crippen MR) is 80.0 cm³/mol. The third-order valence-corrected chi connectivity index (χ3v) is 2.77. The molecule has 0 aliphatic carbocycles. The summed E-state index contributed by atoms with van der Waals surface area (Å²) in [6, 6.07) is 0. The van der Waals surface area contributed by atoms with Crippen LogP contribution in [0.3, 0.4) is 0 Å². The maximum atomic E-state index is 5.59. The van der Waals surface area contributed by atoms with E-state index in [1.54, 1.807) is 6.20 Å². The third-order valence-electron chi connectivity index (χ3n) is 2.56. The van der Waals surface area contributed by atoms with Gasteiger partial charge in [0.1, 0.15) is 5.82 Å². The van der Waals surface area contributed by atoms with Gasteiger partial charge in [-0.1, -0.05) is 26.1 Å². The van der Waals surface area contributed by atoms with Gasteiger partial charge in [0, 0.05) is 25.7 Å². The number of nitrogens with zero attached hydrogens (tertiary/aromatic N) is 3. The van der Waals surface area contributed by atoms with Crippen molar-refractivity contribution in [3.05, 3.63) is 17.6 Å². The van der Waals surface area contributed by atoms with Gasteiger partial charge in [0.15, 0.2) is 0 Å². The molecule has 18 heavy (non-hydrogen) atoms. The summed E-state index contributed by atoms with van der Waals surface area (Å²) in [5.74, 6) is 1.50. The van der Waals surface area contributed by atoms with Crippen LogP contribution in [0.2, 0.25) is 0 Å². The summed E-state index contributed by atoms with van der Waals surface area (Å²) in [4.78, 5) is 11.7. The fourth-order valence-electron chi connectivity index (χ4n) is 1.79. The smallest absolute Gasteiger partial charge is 0.150 e. The molecule has 4 nitrogen and oxygen atoms in total. The number of aromatic nitrogens is 2. The fourth-order valence-corrected chi connectivity index (χ4v) is 1.89. The number of hydrogen-bond acceptors (Lipinski definition) is 4. The van der Waals surface area contributed by atoms with Crippen molar-refractivity contribution in [2.75, 3.05) is 18.0 Å². The van der Waals surface area contributed by atoms with E-state index < -0.39 is 0 Å². The molecule has 1 aromatic heterocycles. The van der Waals surface area contributed by atoms with Gasteiger partial charge in [0.2, 0.25) is 0 Å². The van der Waals surface area contributed by atoms with E-state index in [9.17, 15) is 0 Å². The second-order valence-corrected chi connectivity index (χ2v) is 5.50. The van der Waals surface area contributed by atoms with E-state index in [1.165, 1.54) is 0 Å². The second-order valence-electron chi connectivity index (χ2n) is 4.98. The molecule has 1 aromatic rings. The third kappa shape index (κ3) is 4.56. The van der Waals surface area contributed by atoms with Gasteiger partial charge in [-0.3, -0.25) is 4.98 Å². The summed E-state index contributed by atoms with van der Waals surface area (Å²) < 4.78 is 0. The van der Waals surface area contributed by atoms with E-state index in [4.69, 9.17) is 18.0 Å². The highest BCUT2D eigenvalue weighted by Crippen LogP contribution is 2.17. The molecule has 0 radical (unpaired) electrons. The van der Waals surface area contributed by atoms with Crippen LogP contribution in [0.25, 0.3) is 0 Å². The van der Waals surface area contributed by atoms with Crippen LogP contribution >= 0.6 is 12.2 Å². The minimum Gasteiger partial charge on any atom is -0.393 e. The molecule has 100 valence electrons.